The van der Waals surface area contributed by atoms with E-state index in [1.54, 1.807) is 0 Å². The Morgan fingerprint density at radius 2 is 0.366 bits per heavy atom. The Kier molecular flexibility index (Phi) is 48.2. The first-order valence-electron chi connectivity index (χ1n) is 37.5. The van der Waals surface area contributed by atoms with Gasteiger partial charge in [-0.3, -0.25) is 57.5 Å². The number of primary amides is 1. The van der Waals surface area contributed by atoms with Crippen molar-refractivity contribution in [2.75, 3.05) is 26.2 Å². The average molecular weight is 1440 g/mol. The van der Waals surface area contributed by atoms with Crippen LogP contribution in [0.5, 0.6) is 0 Å². The monoisotopic (exact) mass is 1430 g/mol. The van der Waals surface area contributed by atoms with Gasteiger partial charge in [-0.1, -0.05) is 117 Å². The molecule has 0 aliphatic rings. The lowest BCUT2D eigenvalue weighted by Crippen LogP contribution is -2.61. The van der Waals surface area contributed by atoms with E-state index < -0.39 is 143 Å². The van der Waals surface area contributed by atoms with Gasteiger partial charge in [-0.25, -0.2) is 0 Å². The normalized spacial score (nSPS) is 15.3. The van der Waals surface area contributed by atoms with Crippen LogP contribution in [0.25, 0.3) is 0 Å². The molecule has 23 N–H and O–H groups in total. The minimum Gasteiger partial charge on any atom is -0.368 e. The van der Waals surface area contributed by atoms with Crippen molar-refractivity contribution in [3.8, 4) is 0 Å². The van der Waals surface area contributed by atoms with Crippen LogP contribution in [0.15, 0.2) is 0 Å². The largest absolute Gasteiger partial charge is 0.368 e. The van der Waals surface area contributed by atoms with E-state index in [1.807, 2.05) is 111 Å². The molecule has 12 atom stereocenters. The topological polar surface area (TPSA) is 493 Å². The highest BCUT2D eigenvalue weighted by atomic mass is 16.2. The molecule has 0 aliphatic heterocycles. The van der Waals surface area contributed by atoms with Gasteiger partial charge < -0.3 is 92.9 Å². The van der Waals surface area contributed by atoms with Crippen LogP contribution in [0.3, 0.4) is 0 Å². The Hall–Kier alpha value is -6.56. The molecular weight excluding hydrogens is 1290 g/mol. The minimum absolute atomic E-state index is 0.0216. The number of rotatable bonds is 55. The molecule has 0 aromatic rings. The van der Waals surface area contributed by atoms with Crippen LogP contribution >= 0.6 is 0 Å². The van der Waals surface area contributed by atoms with Gasteiger partial charge in [0.05, 0.1) is 6.04 Å². The molecule has 0 fully saturated rings. The number of carbonyl (C=O) groups excluding carboxylic acids is 12. The van der Waals surface area contributed by atoms with E-state index in [9.17, 15) is 57.5 Å². The molecule has 12 amide bonds. The SMILES string of the molecule is CC(C)C[C@H](NC(=O)[C@H](CC(C)C)NC(=O)[C@@H](CC(C)C)NC(=O)[C@H](CCCCN)NC(=O)[C@@H](CC(C)C)NC(=O)[C@H](CC(C)C)NC(=O)[C@H](CCCCN)NC(=O)[C@H](CC(C)C)NC(=O)[C@@H](CCCCN)NC(=O)[C@@H](CC(C)C)NC(=O)[C@H](CC(C)C)NC(=O)[C@@H](N)CCCCN)C(N)=O. The average Bonchev–Trinajstić information content (AvgIpc) is 0.861. The van der Waals surface area contributed by atoms with Crippen LogP contribution in [0.4, 0.5) is 0 Å². The number of nitrogens with two attached hydrogens (primary N) is 6. The van der Waals surface area contributed by atoms with E-state index >= 15 is 0 Å². The van der Waals surface area contributed by atoms with Gasteiger partial charge in [0.1, 0.15) is 66.5 Å². The quantitative estimate of drug-likeness (QED) is 0.0387. The zero-order chi connectivity index (χ0) is 77.2. The zero-order valence-corrected chi connectivity index (χ0v) is 64.4. The number of hydrogen-bond donors (Lipinski definition) is 17. The molecule has 0 bridgehead atoms. The van der Waals surface area contributed by atoms with Crippen LogP contribution in [-0.4, -0.2) is 170 Å². The van der Waals surface area contributed by atoms with E-state index in [4.69, 9.17) is 34.4 Å². The molecule has 29 nitrogen and oxygen atoms in total. The molecule has 0 heterocycles. The molecule has 584 valence electrons. The fourth-order valence-corrected chi connectivity index (χ4v) is 11.6. The fourth-order valence-electron chi connectivity index (χ4n) is 11.6. The Balaban J connectivity index is 7.15. The summed E-state index contributed by atoms with van der Waals surface area (Å²) < 4.78 is 0. The summed E-state index contributed by atoms with van der Waals surface area (Å²) in [4.78, 5) is 170. The molecule has 101 heavy (non-hydrogen) atoms. The van der Waals surface area contributed by atoms with E-state index in [0.717, 1.165) is 0 Å². The second-order valence-electron chi connectivity index (χ2n) is 30.9. The first kappa shape index (κ1) is 94.4. The van der Waals surface area contributed by atoms with Gasteiger partial charge in [-0.05, 0) is 196 Å². The molecule has 29 heteroatoms. The molecule has 0 spiro atoms. The molecule has 0 aliphatic carbocycles. The summed E-state index contributed by atoms with van der Waals surface area (Å²) in [5.74, 6) is -8.91. The van der Waals surface area contributed by atoms with Gasteiger partial charge in [0.15, 0.2) is 0 Å². The molecule has 0 unspecified atom stereocenters. The van der Waals surface area contributed by atoms with E-state index in [0.29, 0.717) is 70.9 Å². The van der Waals surface area contributed by atoms with Crippen molar-refractivity contribution in [3.63, 3.8) is 0 Å². The highest BCUT2D eigenvalue weighted by Gasteiger charge is 2.38. The third kappa shape index (κ3) is 41.4. The summed E-state index contributed by atoms with van der Waals surface area (Å²) in [5.41, 5.74) is 35.1. The molecule has 0 rings (SSSR count). The number of nitrogens with one attached hydrogen (secondary N) is 11. The van der Waals surface area contributed by atoms with Crippen molar-refractivity contribution in [1.82, 2.24) is 58.5 Å². The first-order valence-corrected chi connectivity index (χ1v) is 37.5. The number of hydrogen-bond acceptors (Lipinski definition) is 17. The van der Waals surface area contributed by atoms with E-state index in [1.165, 1.54) is 0 Å². The van der Waals surface area contributed by atoms with E-state index in [2.05, 4.69) is 58.5 Å². The maximum Gasteiger partial charge on any atom is 0.243 e. The Bertz CT molecular complexity index is 2520. The highest BCUT2D eigenvalue weighted by Crippen LogP contribution is 2.18. The van der Waals surface area contributed by atoms with Gasteiger partial charge in [0, 0.05) is 0 Å². The van der Waals surface area contributed by atoms with Gasteiger partial charge in [0.2, 0.25) is 70.9 Å². The van der Waals surface area contributed by atoms with Gasteiger partial charge in [0.25, 0.3) is 0 Å². The lowest BCUT2D eigenvalue weighted by Gasteiger charge is -2.30. The summed E-state index contributed by atoms with van der Waals surface area (Å²) >= 11 is 0. The van der Waals surface area contributed by atoms with Crippen LogP contribution in [0.2, 0.25) is 0 Å². The lowest BCUT2D eigenvalue weighted by atomic mass is 9.98. The van der Waals surface area contributed by atoms with Crippen molar-refractivity contribution in [2.45, 2.75) is 312 Å². The molecule has 0 aromatic heterocycles. The van der Waals surface area contributed by atoms with Crippen molar-refractivity contribution in [1.29, 1.82) is 0 Å². The predicted molar refractivity (Wildman–Crippen MR) is 396 cm³/mol. The van der Waals surface area contributed by atoms with Crippen molar-refractivity contribution in [2.24, 2.45) is 81.7 Å². The standard InChI is InChI=1S/C72H139N17O12/c1-41(2)33-53(61(78)90)82-69(98)58(38-46(11)12)89-72(101)60(40-48(15)16)86-65(94)52(28-20-24-32-76)81-68(97)57(37-45(9)10)88-71(100)59(39-47(13)14)85-64(93)51(27-19-23-31-75)79-66(95)55(35-43(5)6)84-63(92)50(26-18-22-30-74)80-67(96)56(36-44(7)8)87-70(99)54(34-42(3)4)83-62(91)49(77)25-17-21-29-73/h41-60H,17-40,73-77H2,1-16H3,(H2,78,90)(H,79,95)(H,80,96)(H,81,97)(H,82,98)(H,83,91)(H,84,92)(H,85,93)(H,86,94)(H,87,99)(H,88,100)(H,89,101)/t49-,50+,51-,52-,53-,54-,55-,56+,57+,58-,59-,60+/m0/s1. The summed E-state index contributed by atoms with van der Waals surface area (Å²) in [6, 6.07) is -13.7. The first-order chi connectivity index (χ1) is 47.3. The number of carbonyl (C=O) groups is 12. The number of unbranched alkanes of at least 4 members (excludes halogenated alkanes) is 4. The maximum atomic E-state index is 14.7. The summed E-state index contributed by atoms with van der Waals surface area (Å²) in [6.07, 6.45) is 5.95. The lowest BCUT2D eigenvalue weighted by molar-refractivity contribution is -0.136. The summed E-state index contributed by atoms with van der Waals surface area (Å²) in [7, 11) is 0. The van der Waals surface area contributed by atoms with Gasteiger partial charge in [-0.2, -0.15) is 0 Å². The molecular formula is C72H139N17O12. The maximum absolute atomic E-state index is 14.7. The molecule has 0 saturated heterocycles. The molecule has 0 radical (unpaired) electrons. The summed E-state index contributed by atoms with van der Waals surface area (Å²) in [5, 5.41) is 31.0. The number of amides is 12. The van der Waals surface area contributed by atoms with Crippen molar-refractivity contribution < 1.29 is 57.5 Å². The van der Waals surface area contributed by atoms with Gasteiger partial charge >= 0.3 is 0 Å². The highest BCUT2D eigenvalue weighted by molar-refractivity contribution is 5.99. The van der Waals surface area contributed by atoms with Crippen molar-refractivity contribution >= 4 is 70.9 Å². The zero-order valence-electron chi connectivity index (χ0n) is 64.4. The molecule has 0 saturated carbocycles. The van der Waals surface area contributed by atoms with Crippen LogP contribution in [-0.2, 0) is 57.5 Å². The predicted octanol–water partition coefficient (Wildman–Crippen LogP) is 2.02. The Morgan fingerprint density at radius 1 is 0.218 bits per heavy atom. The van der Waals surface area contributed by atoms with Crippen molar-refractivity contribution in [3.05, 3.63) is 0 Å². The van der Waals surface area contributed by atoms with E-state index in [-0.39, 0.29) is 131 Å². The fraction of sp³-hybridized carbons (Fsp3) is 0.833. The van der Waals surface area contributed by atoms with Crippen LogP contribution < -0.4 is 92.9 Å². The Morgan fingerprint density at radius 3 is 0.545 bits per heavy atom. The van der Waals surface area contributed by atoms with Crippen LogP contribution in [0.1, 0.15) is 239 Å². The minimum atomic E-state index is -1.26. The second-order valence-corrected chi connectivity index (χ2v) is 30.9. The third-order valence-corrected chi connectivity index (χ3v) is 16.8. The smallest absolute Gasteiger partial charge is 0.243 e. The Labute approximate surface area is 604 Å². The van der Waals surface area contributed by atoms with Crippen LogP contribution in [0, 0.1) is 47.3 Å². The third-order valence-electron chi connectivity index (χ3n) is 16.8. The molecule has 0 aromatic carbocycles. The van der Waals surface area contributed by atoms with Gasteiger partial charge in [-0.15, -0.1) is 0 Å². The second kappa shape index (κ2) is 51.6. The summed E-state index contributed by atoms with van der Waals surface area (Å²) in [6.45, 7) is 31.1.